The largest absolute Gasteiger partial charge is 0.508 e. The van der Waals surface area contributed by atoms with Crippen LogP contribution < -0.4 is 18.9 Å². The van der Waals surface area contributed by atoms with Crippen molar-refractivity contribution in [3.05, 3.63) is 58.7 Å². The number of benzene rings is 3. The number of hydrogen-bond donors (Lipinski definition) is 3. The second-order valence-electron chi connectivity index (χ2n) is 8.37. The molecule has 0 radical (unpaired) electrons. The highest BCUT2D eigenvalue weighted by atomic mass is 16.5. The molecule has 1 heterocycles. The molecule has 0 bridgehead atoms. The van der Waals surface area contributed by atoms with Crippen molar-refractivity contribution in [1.82, 2.24) is 0 Å². The average molecular weight is 450 g/mol. The lowest BCUT2D eigenvalue weighted by molar-refractivity contribution is 0.0887. The number of aliphatic hydroxyl groups excluding tert-OH is 1. The Balaban J connectivity index is 1.60. The maximum Gasteiger partial charge on any atom is 0.200 e. The third-order valence-corrected chi connectivity index (χ3v) is 6.61. The summed E-state index contributed by atoms with van der Waals surface area (Å²) >= 11 is 0. The van der Waals surface area contributed by atoms with Crippen molar-refractivity contribution in [2.24, 2.45) is 0 Å². The number of methoxy groups -OCH3 is 3. The Morgan fingerprint density at radius 2 is 1.48 bits per heavy atom. The molecular weight excluding hydrogens is 424 g/mol. The molecule has 5 rings (SSSR count). The minimum Gasteiger partial charge on any atom is -0.508 e. The second kappa shape index (κ2) is 8.08. The normalized spacial score (nSPS) is 18.4. The van der Waals surface area contributed by atoms with E-state index in [1.165, 1.54) is 14.2 Å². The van der Waals surface area contributed by atoms with Gasteiger partial charge in [0, 0.05) is 23.1 Å². The average Bonchev–Trinajstić information content (AvgIpc) is 2.82. The van der Waals surface area contributed by atoms with Crippen molar-refractivity contribution in [2.75, 3.05) is 27.9 Å². The van der Waals surface area contributed by atoms with Crippen LogP contribution in [-0.4, -0.2) is 43.3 Å². The molecule has 7 heteroatoms. The topological polar surface area (TPSA) is 97.6 Å². The molecule has 3 aromatic carbocycles. The molecule has 0 saturated heterocycles. The molecule has 3 aromatic rings. The van der Waals surface area contributed by atoms with Gasteiger partial charge in [0.05, 0.1) is 34.0 Å². The quantitative estimate of drug-likeness (QED) is 0.551. The van der Waals surface area contributed by atoms with Crippen LogP contribution in [0.1, 0.15) is 34.3 Å². The van der Waals surface area contributed by atoms with Gasteiger partial charge in [0.2, 0.25) is 5.75 Å². The van der Waals surface area contributed by atoms with Crippen LogP contribution in [0, 0.1) is 0 Å². The summed E-state index contributed by atoms with van der Waals surface area (Å²) in [6.45, 7) is 0.276. The Bertz CT molecular complexity index is 1190. The molecule has 0 amide bonds. The van der Waals surface area contributed by atoms with Crippen LogP contribution in [0.25, 0.3) is 11.1 Å². The number of aliphatic hydroxyl groups is 1. The Morgan fingerprint density at radius 3 is 2.15 bits per heavy atom. The molecule has 33 heavy (non-hydrogen) atoms. The molecule has 0 unspecified atom stereocenters. The molecule has 0 saturated carbocycles. The molecule has 0 aromatic heterocycles. The van der Waals surface area contributed by atoms with Gasteiger partial charge in [-0.1, -0.05) is 0 Å². The molecule has 7 nitrogen and oxygen atoms in total. The van der Waals surface area contributed by atoms with E-state index in [2.05, 4.69) is 0 Å². The number of ether oxygens (including phenoxy) is 4. The van der Waals surface area contributed by atoms with Crippen molar-refractivity contribution in [1.29, 1.82) is 0 Å². The van der Waals surface area contributed by atoms with Gasteiger partial charge in [-0.25, -0.2) is 0 Å². The van der Waals surface area contributed by atoms with Crippen molar-refractivity contribution in [3.63, 3.8) is 0 Å². The van der Waals surface area contributed by atoms with Gasteiger partial charge in [-0.05, 0) is 65.4 Å². The van der Waals surface area contributed by atoms with Crippen LogP contribution >= 0.6 is 0 Å². The zero-order valence-corrected chi connectivity index (χ0v) is 18.7. The SMILES string of the molecule is COc1cc([C@H]2COc3cc4c(cc3[C@@H]2O)-c2c(cc(O)cc2OC)CC4)cc(OC)c1O. The van der Waals surface area contributed by atoms with Gasteiger partial charge in [0.1, 0.15) is 17.2 Å². The first-order valence-corrected chi connectivity index (χ1v) is 10.8. The number of fused-ring (bicyclic) bond motifs is 4. The van der Waals surface area contributed by atoms with E-state index in [1.807, 2.05) is 12.1 Å². The number of aromatic hydroxyl groups is 2. The fourth-order valence-corrected chi connectivity index (χ4v) is 4.92. The fraction of sp³-hybridized carbons (Fsp3) is 0.308. The summed E-state index contributed by atoms with van der Waals surface area (Å²) in [4.78, 5) is 0. The van der Waals surface area contributed by atoms with Gasteiger partial charge in [0.25, 0.3) is 0 Å². The molecule has 1 aliphatic carbocycles. The summed E-state index contributed by atoms with van der Waals surface area (Å²) in [6.07, 6.45) is 0.744. The number of rotatable bonds is 4. The van der Waals surface area contributed by atoms with Gasteiger partial charge < -0.3 is 34.3 Å². The number of phenols is 2. The van der Waals surface area contributed by atoms with Gasteiger partial charge in [0.15, 0.2) is 11.5 Å². The van der Waals surface area contributed by atoms with Crippen LogP contribution in [0.5, 0.6) is 34.5 Å². The van der Waals surface area contributed by atoms with Crippen molar-refractivity contribution < 1.29 is 34.3 Å². The van der Waals surface area contributed by atoms with E-state index in [1.54, 1.807) is 31.4 Å². The van der Waals surface area contributed by atoms with E-state index in [0.29, 0.717) is 17.1 Å². The predicted molar refractivity (Wildman–Crippen MR) is 122 cm³/mol. The third-order valence-electron chi connectivity index (χ3n) is 6.61. The summed E-state index contributed by atoms with van der Waals surface area (Å²) in [5.74, 6) is 1.50. The summed E-state index contributed by atoms with van der Waals surface area (Å²) in [7, 11) is 4.52. The lowest BCUT2D eigenvalue weighted by atomic mass is 9.80. The zero-order valence-electron chi connectivity index (χ0n) is 18.7. The van der Waals surface area contributed by atoms with E-state index in [9.17, 15) is 15.3 Å². The maximum absolute atomic E-state index is 11.4. The monoisotopic (exact) mass is 450 g/mol. The third kappa shape index (κ3) is 3.40. The van der Waals surface area contributed by atoms with Gasteiger partial charge in [-0.3, -0.25) is 0 Å². The van der Waals surface area contributed by atoms with Crippen LogP contribution in [0.2, 0.25) is 0 Å². The van der Waals surface area contributed by atoms with Crippen molar-refractivity contribution in [2.45, 2.75) is 24.9 Å². The summed E-state index contributed by atoms with van der Waals surface area (Å²) < 4.78 is 22.2. The van der Waals surface area contributed by atoms with E-state index < -0.39 is 6.10 Å². The van der Waals surface area contributed by atoms with E-state index >= 15 is 0 Å². The molecule has 0 fully saturated rings. The van der Waals surface area contributed by atoms with Crippen molar-refractivity contribution >= 4 is 0 Å². The minimum atomic E-state index is -0.841. The first kappa shape index (κ1) is 21.3. The Hall–Kier alpha value is -3.58. The maximum atomic E-state index is 11.4. The summed E-state index contributed by atoms with van der Waals surface area (Å²) in [6, 6.07) is 10.7. The van der Waals surface area contributed by atoms with E-state index in [4.69, 9.17) is 18.9 Å². The molecule has 172 valence electrons. The standard InChI is InChI=1S/C26H26O7/c1-30-21-10-16(27)6-14-5-4-13-7-20-18(11-17(13)24(14)21)25(28)19(12-33-20)15-8-22(31-2)26(29)23(9-15)32-3/h6-11,19,25,27-29H,4-5,12H2,1-3H3/t19-,25+/m1/s1. The fourth-order valence-electron chi connectivity index (χ4n) is 4.92. The lowest BCUT2D eigenvalue weighted by Crippen LogP contribution is -2.25. The smallest absolute Gasteiger partial charge is 0.200 e. The van der Waals surface area contributed by atoms with E-state index in [-0.39, 0.29) is 35.5 Å². The van der Waals surface area contributed by atoms with Crippen LogP contribution in [-0.2, 0) is 12.8 Å². The summed E-state index contributed by atoms with van der Waals surface area (Å²) in [5.41, 5.74) is 5.44. The highest BCUT2D eigenvalue weighted by molar-refractivity contribution is 5.81. The van der Waals surface area contributed by atoms with Crippen LogP contribution in [0.4, 0.5) is 0 Å². The molecule has 2 aliphatic rings. The first-order valence-electron chi connectivity index (χ1n) is 10.8. The molecule has 2 atom stereocenters. The Kier molecular flexibility index (Phi) is 5.21. The van der Waals surface area contributed by atoms with E-state index in [0.717, 1.165) is 40.7 Å². The van der Waals surface area contributed by atoms with Gasteiger partial charge in [-0.15, -0.1) is 0 Å². The molecular formula is C26H26O7. The highest BCUT2D eigenvalue weighted by Crippen LogP contribution is 2.49. The van der Waals surface area contributed by atoms with Crippen LogP contribution in [0.15, 0.2) is 36.4 Å². The summed E-state index contributed by atoms with van der Waals surface area (Å²) in [5, 5.41) is 31.7. The minimum absolute atomic E-state index is 0.0867. The first-order chi connectivity index (χ1) is 15.9. The molecule has 3 N–H and O–H groups in total. The lowest BCUT2D eigenvalue weighted by Gasteiger charge is -2.33. The zero-order chi connectivity index (χ0) is 23.3. The van der Waals surface area contributed by atoms with Crippen molar-refractivity contribution in [3.8, 4) is 45.6 Å². The Morgan fingerprint density at radius 1 is 0.818 bits per heavy atom. The molecule has 0 spiro atoms. The number of phenolic OH excluding ortho intramolecular Hbond substituents is 2. The predicted octanol–water partition coefficient (Wildman–Crippen LogP) is 4.10. The second-order valence-corrected chi connectivity index (χ2v) is 8.37. The van der Waals surface area contributed by atoms with Gasteiger partial charge in [-0.2, -0.15) is 0 Å². The highest BCUT2D eigenvalue weighted by Gasteiger charge is 2.34. The Labute approximate surface area is 191 Å². The number of hydrogen-bond acceptors (Lipinski definition) is 7. The molecule has 1 aliphatic heterocycles. The number of aryl methyl sites for hydroxylation is 2. The van der Waals surface area contributed by atoms with Crippen LogP contribution in [0.3, 0.4) is 0 Å². The van der Waals surface area contributed by atoms with Gasteiger partial charge >= 0.3 is 0 Å².